The normalized spacial score (nSPS) is 12.0. The summed E-state index contributed by atoms with van der Waals surface area (Å²) in [7, 11) is 1.74. The highest BCUT2D eigenvalue weighted by Crippen LogP contribution is 2.20. The van der Waals surface area contributed by atoms with Crippen LogP contribution in [0.1, 0.15) is 58.1 Å². The lowest BCUT2D eigenvalue weighted by Gasteiger charge is -2.26. The van der Waals surface area contributed by atoms with Crippen LogP contribution in [-0.2, 0) is 12.8 Å². The van der Waals surface area contributed by atoms with Gasteiger partial charge < -0.3 is 14.4 Å². The van der Waals surface area contributed by atoms with Crippen molar-refractivity contribution in [3.05, 3.63) is 58.5 Å². The number of carboxylic acid groups (broad SMARTS) is 1. The highest BCUT2D eigenvalue weighted by Gasteiger charge is 2.25. The lowest BCUT2D eigenvalue weighted by molar-refractivity contribution is 0.0683. The van der Waals surface area contributed by atoms with Crippen molar-refractivity contribution in [1.29, 1.82) is 0 Å². The van der Waals surface area contributed by atoms with Gasteiger partial charge >= 0.3 is 5.97 Å². The molecule has 25 heavy (non-hydrogen) atoms. The Hall–Kier alpha value is -2.56. The molecule has 0 bridgehead atoms. The van der Waals surface area contributed by atoms with Gasteiger partial charge in [0, 0.05) is 25.6 Å². The molecule has 1 aromatic heterocycles. The molecule has 2 rings (SSSR count). The topological polar surface area (TPSA) is 70.8 Å². The third-order valence-electron chi connectivity index (χ3n) is 4.50. The molecule has 0 radical (unpaired) electrons. The molecule has 0 aliphatic heterocycles. The lowest BCUT2D eigenvalue weighted by Crippen LogP contribution is -2.38. The van der Waals surface area contributed by atoms with Crippen molar-refractivity contribution in [2.45, 2.75) is 46.1 Å². The van der Waals surface area contributed by atoms with Gasteiger partial charge in [0.15, 0.2) is 5.76 Å². The van der Waals surface area contributed by atoms with Gasteiger partial charge in [0.25, 0.3) is 5.91 Å². The number of hydrogen-bond donors (Lipinski definition) is 1. The largest absolute Gasteiger partial charge is 0.478 e. The molecule has 5 nitrogen and oxygen atoms in total. The second-order valence-electron chi connectivity index (χ2n) is 6.27. The van der Waals surface area contributed by atoms with Crippen LogP contribution in [-0.4, -0.2) is 35.0 Å². The number of nitrogens with zero attached hydrogens (tertiary/aromatic N) is 1. The number of hydrogen-bond acceptors (Lipinski definition) is 3. The third kappa shape index (κ3) is 4.29. The first-order valence-electron chi connectivity index (χ1n) is 8.56. The van der Waals surface area contributed by atoms with Crippen LogP contribution >= 0.6 is 0 Å². The third-order valence-corrected chi connectivity index (χ3v) is 4.50. The average molecular weight is 343 g/mol. The number of benzene rings is 1. The van der Waals surface area contributed by atoms with Gasteiger partial charge in [-0.25, -0.2) is 4.79 Å². The zero-order valence-corrected chi connectivity index (χ0v) is 15.2. The number of rotatable bonds is 7. The zero-order valence-electron chi connectivity index (χ0n) is 15.2. The van der Waals surface area contributed by atoms with E-state index < -0.39 is 5.97 Å². The summed E-state index contributed by atoms with van der Waals surface area (Å²) in [5.41, 5.74) is 2.42. The summed E-state index contributed by atoms with van der Waals surface area (Å²) >= 11 is 0. The van der Waals surface area contributed by atoms with Crippen LogP contribution in [0.4, 0.5) is 0 Å². The van der Waals surface area contributed by atoms with Gasteiger partial charge in [-0.15, -0.1) is 0 Å². The summed E-state index contributed by atoms with van der Waals surface area (Å²) in [6, 6.07) is 9.60. The fourth-order valence-electron chi connectivity index (χ4n) is 2.87. The molecule has 0 spiro atoms. The zero-order chi connectivity index (χ0) is 18.6. The summed E-state index contributed by atoms with van der Waals surface area (Å²) in [5.74, 6) is -0.954. The molecule has 0 saturated carbocycles. The Bertz CT molecular complexity index is 746. The van der Waals surface area contributed by atoms with Gasteiger partial charge in [-0.05, 0) is 25.3 Å². The molecular weight excluding hydrogens is 318 g/mol. The molecule has 0 saturated heterocycles. The summed E-state index contributed by atoms with van der Waals surface area (Å²) in [6.45, 7) is 5.87. The van der Waals surface area contributed by atoms with Crippen molar-refractivity contribution in [3.8, 4) is 0 Å². The van der Waals surface area contributed by atoms with Crippen molar-refractivity contribution in [3.63, 3.8) is 0 Å². The maximum Gasteiger partial charge on any atom is 0.339 e. The van der Waals surface area contributed by atoms with Gasteiger partial charge in [0.2, 0.25) is 0 Å². The van der Waals surface area contributed by atoms with Crippen LogP contribution in [0.5, 0.6) is 0 Å². The molecule has 1 amide bonds. The van der Waals surface area contributed by atoms with Crippen LogP contribution in [0.2, 0.25) is 0 Å². The van der Waals surface area contributed by atoms with Crippen molar-refractivity contribution in [2.75, 3.05) is 7.05 Å². The fourth-order valence-corrected chi connectivity index (χ4v) is 2.87. The van der Waals surface area contributed by atoms with Crippen molar-refractivity contribution < 1.29 is 19.1 Å². The number of carbonyl (C=O) groups is 2. The van der Waals surface area contributed by atoms with Crippen LogP contribution in [0.15, 0.2) is 34.7 Å². The molecule has 2 aromatic rings. The first kappa shape index (κ1) is 18.8. The number of furan rings is 1. The Morgan fingerprint density at radius 1 is 1.20 bits per heavy atom. The van der Waals surface area contributed by atoms with E-state index in [1.807, 2.05) is 13.8 Å². The van der Waals surface area contributed by atoms with Crippen LogP contribution in [0, 0.1) is 6.92 Å². The minimum Gasteiger partial charge on any atom is -0.478 e. The molecule has 1 unspecified atom stereocenters. The molecule has 1 atom stereocenters. The van der Waals surface area contributed by atoms with E-state index in [4.69, 9.17) is 4.42 Å². The van der Waals surface area contributed by atoms with Gasteiger partial charge in [-0.1, -0.05) is 43.7 Å². The maximum atomic E-state index is 12.7. The SMILES string of the molecule is CCc1oc(C(=O)N(C)C(CC)Cc2ccc(C)cc2)cc1C(=O)O. The van der Waals surface area contributed by atoms with Gasteiger partial charge in [-0.2, -0.15) is 0 Å². The minimum atomic E-state index is -1.08. The number of aromatic carboxylic acids is 1. The first-order chi connectivity index (χ1) is 11.9. The Balaban J connectivity index is 2.19. The number of carbonyl (C=O) groups excluding carboxylic acids is 1. The highest BCUT2D eigenvalue weighted by atomic mass is 16.4. The Morgan fingerprint density at radius 3 is 2.32 bits per heavy atom. The number of carboxylic acids is 1. The predicted molar refractivity (Wildman–Crippen MR) is 96.1 cm³/mol. The van der Waals surface area contributed by atoms with E-state index in [1.54, 1.807) is 18.9 Å². The molecular formula is C20H25NO4. The average Bonchev–Trinajstić information content (AvgIpc) is 3.04. The molecule has 0 fully saturated rings. The van der Waals surface area contributed by atoms with Crippen molar-refractivity contribution in [1.82, 2.24) is 4.90 Å². The van der Waals surface area contributed by atoms with Crippen LogP contribution < -0.4 is 0 Å². The van der Waals surface area contributed by atoms with Crippen LogP contribution in [0.3, 0.4) is 0 Å². The van der Waals surface area contributed by atoms with E-state index in [2.05, 4.69) is 24.3 Å². The quantitative estimate of drug-likeness (QED) is 0.826. The van der Waals surface area contributed by atoms with E-state index in [0.29, 0.717) is 12.2 Å². The number of aryl methyl sites for hydroxylation is 2. The fraction of sp³-hybridized carbons (Fsp3) is 0.400. The minimum absolute atomic E-state index is 0.0126. The summed E-state index contributed by atoms with van der Waals surface area (Å²) < 4.78 is 5.50. The van der Waals surface area contributed by atoms with Crippen LogP contribution in [0.25, 0.3) is 0 Å². The second-order valence-corrected chi connectivity index (χ2v) is 6.27. The van der Waals surface area contributed by atoms with E-state index >= 15 is 0 Å². The van der Waals surface area contributed by atoms with E-state index in [1.165, 1.54) is 11.6 Å². The monoisotopic (exact) mass is 343 g/mol. The standard InChI is InChI=1S/C20H25NO4/c1-5-15(11-14-9-7-13(3)8-10-14)21(4)19(22)18-12-16(20(23)24)17(6-2)25-18/h7-10,12,15H,5-6,11H2,1-4H3,(H,23,24). The molecule has 1 heterocycles. The Morgan fingerprint density at radius 2 is 1.84 bits per heavy atom. The van der Waals surface area contributed by atoms with E-state index in [-0.39, 0.29) is 23.3 Å². The Labute approximate surface area is 148 Å². The maximum absolute atomic E-state index is 12.7. The molecule has 0 aliphatic rings. The highest BCUT2D eigenvalue weighted by molar-refractivity contribution is 5.96. The smallest absolute Gasteiger partial charge is 0.339 e. The summed E-state index contributed by atoms with van der Waals surface area (Å²) in [4.78, 5) is 25.6. The van der Waals surface area contributed by atoms with Gasteiger partial charge in [0.05, 0.1) is 0 Å². The van der Waals surface area contributed by atoms with E-state index in [9.17, 15) is 14.7 Å². The summed E-state index contributed by atoms with van der Waals surface area (Å²) in [6.07, 6.45) is 1.97. The molecule has 134 valence electrons. The second kappa shape index (κ2) is 8.01. The molecule has 1 aromatic carbocycles. The van der Waals surface area contributed by atoms with Crippen molar-refractivity contribution in [2.24, 2.45) is 0 Å². The predicted octanol–water partition coefficient (Wildman–Crippen LogP) is 3.94. The number of amides is 1. The van der Waals surface area contributed by atoms with Crippen molar-refractivity contribution >= 4 is 11.9 Å². The molecule has 1 N–H and O–H groups in total. The summed E-state index contributed by atoms with van der Waals surface area (Å²) in [5, 5.41) is 9.22. The Kier molecular flexibility index (Phi) is 6.02. The lowest BCUT2D eigenvalue weighted by atomic mass is 10.0. The van der Waals surface area contributed by atoms with Gasteiger partial charge in [0.1, 0.15) is 11.3 Å². The first-order valence-corrected chi connectivity index (χ1v) is 8.56. The molecule has 5 heteroatoms. The number of likely N-dealkylation sites (N-methyl/N-ethyl adjacent to an activating group) is 1. The molecule has 0 aliphatic carbocycles. The van der Waals surface area contributed by atoms with Gasteiger partial charge in [-0.3, -0.25) is 4.79 Å². The van der Waals surface area contributed by atoms with E-state index in [0.717, 1.165) is 18.4 Å².